The standard InChI is InChI=1S/C15H16N2O6/c18-8-10-12(20)13(21)14(23-10)16-7-6-11(19)17(15(16)22)9-4-2-1-3-5-9/h1-7,10,12-14,18,20-21H,8H2/t10-,12-,13-,14-/m1/s1. The van der Waals surface area contributed by atoms with E-state index in [1.165, 1.54) is 12.3 Å². The summed E-state index contributed by atoms with van der Waals surface area (Å²) in [7, 11) is 0. The average molecular weight is 320 g/mol. The van der Waals surface area contributed by atoms with Gasteiger partial charge in [-0.15, -0.1) is 0 Å². The van der Waals surface area contributed by atoms with Gasteiger partial charge in [0.2, 0.25) is 0 Å². The van der Waals surface area contributed by atoms with Crippen LogP contribution in [0.4, 0.5) is 0 Å². The fourth-order valence-electron chi connectivity index (χ4n) is 2.61. The van der Waals surface area contributed by atoms with Crippen molar-refractivity contribution in [1.82, 2.24) is 9.13 Å². The zero-order valence-electron chi connectivity index (χ0n) is 12.0. The first kappa shape index (κ1) is 15.6. The van der Waals surface area contributed by atoms with Crippen LogP contribution in [0.2, 0.25) is 0 Å². The maximum Gasteiger partial charge on any atom is 0.337 e. The molecule has 3 N–H and O–H groups in total. The molecular formula is C15H16N2O6. The second kappa shape index (κ2) is 6.09. The summed E-state index contributed by atoms with van der Waals surface area (Å²) in [6, 6.07) is 9.50. The van der Waals surface area contributed by atoms with E-state index in [1.807, 2.05) is 0 Å². The summed E-state index contributed by atoms with van der Waals surface area (Å²) in [4.78, 5) is 24.6. The van der Waals surface area contributed by atoms with Crippen molar-refractivity contribution in [2.24, 2.45) is 0 Å². The second-order valence-electron chi connectivity index (χ2n) is 5.24. The van der Waals surface area contributed by atoms with Crippen LogP contribution in [-0.2, 0) is 4.74 Å². The summed E-state index contributed by atoms with van der Waals surface area (Å²) < 4.78 is 7.30. The lowest BCUT2D eigenvalue weighted by Gasteiger charge is -2.18. The fourth-order valence-corrected chi connectivity index (χ4v) is 2.61. The molecule has 0 amide bonds. The fraction of sp³-hybridized carbons (Fsp3) is 0.333. The van der Waals surface area contributed by atoms with Crippen LogP contribution in [0.5, 0.6) is 0 Å². The minimum absolute atomic E-state index is 0.378. The number of ether oxygens (including phenoxy) is 1. The number of nitrogens with zero attached hydrogens (tertiary/aromatic N) is 2. The predicted octanol–water partition coefficient (Wildman–Crippen LogP) is -1.39. The number of aromatic nitrogens is 2. The molecular weight excluding hydrogens is 304 g/mol. The molecule has 23 heavy (non-hydrogen) atoms. The monoisotopic (exact) mass is 320 g/mol. The minimum atomic E-state index is -1.40. The molecule has 0 spiro atoms. The Morgan fingerprint density at radius 2 is 1.74 bits per heavy atom. The lowest BCUT2D eigenvalue weighted by molar-refractivity contribution is -0.0553. The molecule has 1 aromatic heterocycles. The van der Waals surface area contributed by atoms with Gasteiger partial charge in [-0.2, -0.15) is 0 Å². The SMILES string of the molecule is O=c1ccn([C@@H]2O[C@H](CO)[C@@H](O)[C@H]2O)c(=O)n1-c1ccccc1. The summed E-state index contributed by atoms with van der Waals surface area (Å²) >= 11 is 0. The van der Waals surface area contributed by atoms with Gasteiger partial charge in [0, 0.05) is 12.3 Å². The lowest BCUT2D eigenvalue weighted by Crippen LogP contribution is -2.42. The molecule has 122 valence electrons. The molecule has 0 bridgehead atoms. The van der Waals surface area contributed by atoms with Gasteiger partial charge >= 0.3 is 5.69 Å². The van der Waals surface area contributed by atoms with Crippen molar-refractivity contribution in [2.45, 2.75) is 24.5 Å². The van der Waals surface area contributed by atoms with Gasteiger partial charge in [-0.25, -0.2) is 9.36 Å². The Morgan fingerprint density at radius 1 is 1.04 bits per heavy atom. The highest BCUT2D eigenvalue weighted by molar-refractivity contribution is 5.30. The lowest BCUT2D eigenvalue weighted by atomic mass is 10.1. The van der Waals surface area contributed by atoms with Crippen LogP contribution in [0.25, 0.3) is 5.69 Å². The number of aliphatic hydroxyl groups is 3. The summed E-state index contributed by atoms with van der Waals surface area (Å²) in [6.45, 7) is -0.498. The Hall–Kier alpha value is -2.26. The van der Waals surface area contributed by atoms with E-state index in [0.717, 1.165) is 9.13 Å². The van der Waals surface area contributed by atoms with Crippen LogP contribution in [0.15, 0.2) is 52.2 Å². The largest absolute Gasteiger partial charge is 0.394 e. The second-order valence-corrected chi connectivity index (χ2v) is 5.24. The number of benzene rings is 1. The Morgan fingerprint density at radius 3 is 2.35 bits per heavy atom. The first-order valence-corrected chi connectivity index (χ1v) is 7.06. The van der Waals surface area contributed by atoms with Crippen molar-refractivity contribution >= 4 is 0 Å². The molecule has 3 rings (SSSR count). The van der Waals surface area contributed by atoms with E-state index >= 15 is 0 Å². The highest BCUT2D eigenvalue weighted by Gasteiger charge is 2.43. The van der Waals surface area contributed by atoms with Crippen LogP contribution in [0.1, 0.15) is 6.23 Å². The van der Waals surface area contributed by atoms with E-state index in [9.17, 15) is 19.8 Å². The molecule has 1 aromatic carbocycles. The summed E-state index contributed by atoms with van der Waals surface area (Å²) in [5, 5.41) is 29.0. The van der Waals surface area contributed by atoms with Crippen molar-refractivity contribution in [3.05, 3.63) is 63.4 Å². The number of aliphatic hydroxyl groups excluding tert-OH is 3. The average Bonchev–Trinajstić information content (AvgIpc) is 2.84. The third kappa shape index (κ3) is 2.62. The van der Waals surface area contributed by atoms with Gasteiger partial charge in [-0.05, 0) is 12.1 Å². The molecule has 1 aliphatic heterocycles. The van der Waals surface area contributed by atoms with Crippen molar-refractivity contribution in [3.63, 3.8) is 0 Å². The summed E-state index contributed by atoms with van der Waals surface area (Å²) in [5.74, 6) is 0. The first-order valence-electron chi connectivity index (χ1n) is 7.06. The zero-order chi connectivity index (χ0) is 16.6. The highest BCUT2D eigenvalue weighted by Crippen LogP contribution is 2.27. The van der Waals surface area contributed by atoms with E-state index in [1.54, 1.807) is 30.3 Å². The van der Waals surface area contributed by atoms with Gasteiger partial charge in [0.15, 0.2) is 6.23 Å². The minimum Gasteiger partial charge on any atom is -0.394 e. The Bertz CT molecular complexity index is 800. The zero-order valence-corrected chi connectivity index (χ0v) is 12.0. The molecule has 1 fully saturated rings. The maximum absolute atomic E-state index is 12.6. The van der Waals surface area contributed by atoms with E-state index < -0.39 is 42.4 Å². The van der Waals surface area contributed by atoms with Gasteiger partial charge in [0.1, 0.15) is 18.3 Å². The van der Waals surface area contributed by atoms with Gasteiger partial charge in [0.05, 0.1) is 12.3 Å². The van der Waals surface area contributed by atoms with Crippen LogP contribution in [0, 0.1) is 0 Å². The van der Waals surface area contributed by atoms with Crippen LogP contribution < -0.4 is 11.2 Å². The van der Waals surface area contributed by atoms with Crippen molar-refractivity contribution in [2.75, 3.05) is 6.61 Å². The smallest absolute Gasteiger partial charge is 0.337 e. The van der Waals surface area contributed by atoms with E-state index in [2.05, 4.69) is 0 Å². The molecule has 2 aromatic rings. The molecule has 8 heteroatoms. The normalized spacial score (nSPS) is 27.3. The molecule has 1 saturated heterocycles. The third-order valence-corrected chi connectivity index (χ3v) is 3.82. The van der Waals surface area contributed by atoms with Gasteiger partial charge in [-0.1, -0.05) is 18.2 Å². The van der Waals surface area contributed by atoms with E-state index in [-0.39, 0.29) is 0 Å². The summed E-state index contributed by atoms with van der Waals surface area (Å²) in [5.41, 5.74) is -0.855. The van der Waals surface area contributed by atoms with E-state index in [4.69, 9.17) is 9.84 Å². The summed E-state index contributed by atoms with van der Waals surface area (Å²) in [6.07, 6.45) is -3.71. The molecule has 0 unspecified atom stereocenters. The number of hydrogen-bond donors (Lipinski definition) is 3. The molecule has 2 heterocycles. The highest BCUT2D eigenvalue weighted by atomic mass is 16.6. The quantitative estimate of drug-likeness (QED) is 0.642. The first-order chi connectivity index (χ1) is 11.0. The van der Waals surface area contributed by atoms with Crippen molar-refractivity contribution in [1.29, 1.82) is 0 Å². The van der Waals surface area contributed by atoms with Gasteiger partial charge in [-0.3, -0.25) is 9.36 Å². The topological polar surface area (TPSA) is 114 Å². The van der Waals surface area contributed by atoms with Crippen molar-refractivity contribution < 1.29 is 20.1 Å². The van der Waals surface area contributed by atoms with Crippen LogP contribution in [0.3, 0.4) is 0 Å². The Labute approximate surface area is 130 Å². The van der Waals surface area contributed by atoms with Crippen LogP contribution >= 0.6 is 0 Å². The van der Waals surface area contributed by atoms with Crippen LogP contribution in [-0.4, -0.2) is 49.4 Å². The maximum atomic E-state index is 12.6. The number of para-hydroxylation sites is 1. The molecule has 8 nitrogen and oxygen atoms in total. The molecule has 0 saturated carbocycles. The van der Waals surface area contributed by atoms with Gasteiger partial charge < -0.3 is 20.1 Å². The Balaban J connectivity index is 2.10. The predicted molar refractivity (Wildman–Crippen MR) is 79.3 cm³/mol. The number of hydrogen-bond acceptors (Lipinski definition) is 6. The Kier molecular flexibility index (Phi) is 4.14. The number of rotatable bonds is 3. The van der Waals surface area contributed by atoms with Crippen molar-refractivity contribution in [3.8, 4) is 5.69 Å². The molecule has 1 aliphatic rings. The third-order valence-electron chi connectivity index (χ3n) is 3.82. The molecule has 0 aliphatic carbocycles. The molecule has 0 radical (unpaired) electrons. The van der Waals surface area contributed by atoms with Gasteiger partial charge in [0.25, 0.3) is 5.56 Å². The van der Waals surface area contributed by atoms with E-state index in [0.29, 0.717) is 5.69 Å². The molecule has 4 atom stereocenters.